The summed E-state index contributed by atoms with van der Waals surface area (Å²) in [5, 5.41) is 2.79. The van der Waals surface area contributed by atoms with Crippen LogP contribution in [0.4, 0.5) is 4.39 Å². The second kappa shape index (κ2) is 10.8. The molecule has 1 aromatic heterocycles. The summed E-state index contributed by atoms with van der Waals surface area (Å²) in [6.07, 6.45) is 0.497. The first-order chi connectivity index (χ1) is 15.5. The normalized spacial score (nSPS) is 11.6. The minimum atomic E-state index is -1.41. The summed E-state index contributed by atoms with van der Waals surface area (Å²) in [4.78, 5) is 12.9. The average Bonchev–Trinajstić information content (AvgIpc) is 3.27. The average molecular weight is 462 g/mol. The molecule has 1 unspecified atom stereocenters. The third kappa shape index (κ3) is 5.47. The molecule has 170 valence electrons. The number of furan rings is 1. The Hall–Kier alpha value is -3.33. The molecule has 0 spiro atoms. The van der Waals surface area contributed by atoms with Crippen LogP contribution in [0.1, 0.15) is 21.9 Å². The number of amides is 1. The van der Waals surface area contributed by atoms with E-state index in [-0.39, 0.29) is 17.4 Å². The molecular formula is C23H24FNO6S. The molecule has 0 fully saturated rings. The van der Waals surface area contributed by atoms with Crippen LogP contribution in [0.3, 0.4) is 0 Å². The van der Waals surface area contributed by atoms with Crippen LogP contribution in [-0.2, 0) is 23.0 Å². The Morgan fingerprint density at radius 3 is 2.34 bits per heavy atom. The summed E-state index contributed by atoms with van der Waals surface area (Å²) in [6, 6.07) is 12.2. The van der Waals surface area contributed by atoms with Crippen molar-refractivity contribution in [2.45, 2.75) is 17.1 Å². The quantitative estimate of drug-likeness (QED) is 0.495. The number of benzene rings is 2. The molecule has 2 aromatic carbocycles. The lowest BCUT2D eigenvalue weighted by Crippen LogP contribution is -2.25. The Morgan fingerprint density at radius 2 is 1.69 bits per heavy atom. The molecule has 0 bridgehead atoms. The molecule has 32 heavy (non-hydrogen) atoms. The summed E-state index contributed by atoms with van der Waals surface area (Å²) in [5.74, 6) is 1.42. The van der Waals surface area contributed by atoms with Gasteiger partial charge >= 0.3 is 0 Å². The lowest BCUT2D eigenvalue weighted by molar-refractivity contribution is 0.0925. The van der Waals surface area contributed by atoms with Gasteiger partial charge in [0.1, 0.15) is 11.6 Å². The van der Waals surface area contributed by atoms with E-state index >= 15 is 0 Å². The first kappa shape index (κ1) is 23.3. The lowest BCUT2D eigenvalue weighted by Gasteiger charge is -2.15. The van der Waals surface area contributed by atoms with Gasteiger partial charge in [0.15, 0.2) is 17.3 Å². The lowest BCUT2D eigenvalue weighted by atomic mass is 10.1. The van der Waals surface area contributed by atoms with Crippen LogP contribution in [0.15, 0.2) is 57.8 Å². The first-order valence-electron chi connectivity index (χ1n) is 9.75. The Labute approximate surface area is 187 Å². The third-order valence-electron chi connectivity index (χ3n) is 4.70. The van der Waals surface area contributed by atoms with Gasteiger partial charge in [-0.3, -0.25) is 9.00 Å². The van der Waals surface area contributed by atoms with Crippen LogP contribution in [0.2, 0.25) is 0 Å². The molecule has 0 saturated carbocycles. The fourth-order valence-corrected chi connectivity index (χ4v) is 4.15. The predicted molar refractivity (Wildman–Crippen MR) is 117 cm³/mol. The van der Waals surface area contributed by atoms with Crippen molar-refractivity contribution in [3.63, 3.8) is 0 Å². The van der Waals surface area contributed by atoms with Crippen LogP contribution < -0.4 is 19.5 Å². The van der Waals surface area contributed by atoms with E-state index in [1.807, 2.05) is 6.07 Å². The van der Waals surface area contributed by atoms with Gasteiger partial charge in [-0.1, -0.05) is 6.07 Å². The highest BCUT2D eigenvalue weighted by molar-refractivity contribution is 7.84. The van der Waals surface area contributed by atoms with Crippen LogP contribution in [0.25, 0.3) is 0 Å². The molecule has 7 nitrogen and oxygen atoms in total. The molecule has 0 aliphatic rings. The molecule has 9 heteroatoms. The predicted octanol–water partition coefficient (Wildman–Crippen LogP) is 3.72. The largest absolute Gasteiger partial charge is 0.493 e. The molecule has 1 heterocycles. The van der Waals surface area contributed by atoms with E-state index in [0.717, 1.165) is 5.56 Å². The van der Waals surface area contributed by atoms with E-state index in [1.165, 1.54) is 37.4 Å². The maximum Gasteiger partial charge on any atom is 0.287 e. The number of halogens is 1. The van der Waals surface area contributed by atoms with Gasteiger partial charge in [-0.2, -0.15) is 0 Å². The molecule has 3 aromatic rings. The SMILES string of the molecule is COc1ccc(CCNC(=O)c2ccc(CS(=O)c3ccc(F)cc3)o2)c(OC)c1OC. The molecule has 1 amide bonds. The fraction of sp³-hybridized carbons (Fsp3) is 0.261. The minimum Gasteiger partial charge on any atom is -0.493 e. The second-order valence-electron chi connectivity index (χ2n) is 6.71. The zero-order chi connectivity index (χ0) is 23.1. The Morgan fingerprint density at radius 1 is 0.969 bits per heavy atom. The second-order valence-corrected chi connectivity index (χ2v) is 8.16. The summed E-state index contributed by atoms with van der Waals surface area (Å²) in [7, 11) is 3.21. The van der Waals surface area contributed by atoms with Crippen molar-refractivity contribution in [2.24, 2.45) is 0 Å². The third-order valence-corrected chi connectivity index (χ3v) is 6.05. The molecule has 0 radical (unpaired) electrons. The molecule has 0 aliphatic heterocycles. The highest BCUT2D eigenvalue weighted by Crippen LogP contribution is 2.39. The smallest absolute Gasteiger partial charge is 0.287 e. The monoisotopic (exact) mass is 461 g/mol. The van der Waals surface area contributed by atoms with Crippen LogP contribution in [0.5, 0.6) is 17.2 Å². The van der Waals surface area contributed by atoms with Crippen molar-refractivity contribution in [2.75, 3.05) is 27.9 Å². The van der Waals surface area contributed by atoms with Crippen LogP contribution >= 0.6 is 0 Å². The maximum atomic E-state index is 13.0. The molecular weight excluding hydrogens is 437 g/mol. The summed E-state index contributed by atoms with van der Waals surface area (Å²) >= 11 is 0. The van der Waals surface area contributed by atoms with Crippen LogP contribution in [0, 0.1) is 5.82 Å². The number of hydrogen-bond acceptors (Lipinski definition) is 6. The maximum absolute atomic E-state index is 13.0. The number of carbonyl (C=O) groups is 1. The van der Waals surface area contributed by atoms with Gasteiger partial charge in [-0.05, 0) is 48.9 Å². The molecule has 1 atom stereocenters. The van der Waals surface area contributed by atoms with E-state index in [2.05, 4.69) is 5.32 Å². The topological polar surface area (TPSA) is 87.0 Å². The summed E-state index contributed by atoms with van der Waals surface area (Å²) < 4.78 is 47.0. The van der Waals surface area contributed by atoms with Gasteiger partial charge in [-0.15, -0.1) is 0 Å². The highest BCUT2D eigenvalue weighted by Gasteiger charge is 2.17. The van der Waals surface area contributed by atoms with E-state index in [4.69, 9.17) is 18.6 Å². The Kier molecular flexibility index (Phi) is 7.88. The van der Waals surface area contributed by atoms with Crippen molar-refractivity contribution < 1.29 is 32.0 Å². The van der Waals surface area contributed by atoms with Crippen molar-refractivity contribution in [1.82, 2.24) is 5.32 Å². The number of carbonyl (C=O) groups excluding carboxylic acids is 1. The van der Waals surface area contributed by atoms with Crippen molar-refractivity contribution in [1.29, 1.82) is 0 Å². The Balaban J connectivity index is 1.58. The number of nitrogens with one attached hydrogen (secondary N) is 1. The fourth-order valence-electron chi connectivity index (χ4n) is 3.13. The van der Waals surface area contributed by atoms with Crippen molar-refractivity contribution >= 4 is 16.7 Å². The molecule has 0 aliphatic carbocycles. The molecule has 3 rings (SSSR count). The minimum absolute atomic E-state index is 0.0851. The van der Waals surface area contributed by atoms with Crippen LogP contribution in [-0.4, -0.2) is 38.0 Å². The van der Waals surface area contributed by atoms with Gasteiger partial charge in [0, 0.05) is 17.0 Å². The number of ether oxygens (including phenoxy) is 3. The van der Waals surface area contributed by atoms with Gasteiger partial charge in [0.05, 0.1) is 37.9 Å². The van der Waals surface area contributed by atoms with E-state index in [9.17, 15) is 13.4 Å². The summed E-state index contributed by atoms with van der Waals surface area (Å²) in [6.45, 7) is 0.336. The van der Waals surface area contributed by atoms with Gasteiger partial charge in [0.2, 0.25) is 5.75 Å². The highest BCUT2D eigenvalue weighted by atomic mass is 32.2. The van der Waals surface area contributed by atoms with E-state index in [1.54, 1.807) is 26.4 Å². The van der Waals surface area contributed by atoms with Gasteiger partial charge in [-0.25, -0.2) is 4.39 Å². The Bertz CT molecular complexity index is 1100. The zero-order valence-electron chi connectivity index (χ0n) is 18.0. The van der Waals surface area contributed by atoms with E-state index in [0.29, 0.717) is 40.9 Å². The first-order valence-corrected chi connectivity index (χ1v) is 11.1. The standard InChI is InChI=1S/C23H24FNO6S/c1-28-19-10-4-15(21(29-2)22(19)30-3)12-13-25-23(26)20-11-7-17(31-20)14-32(27)18-8-5-16(24)6-9-18/h4-11H,12-14H2,1-3H3,(H,25,26). The molecule has 1 N–H and O–H groups in total. The van der Waals surface area contributed by atoms with Crippen molar-refractivity contribution in [3.05, 3.63) is 71.4 Å². The van der Waals surface area contributed by atoms with E-state index < -0.39 is 16.6 Å². The zero-order valence-corrected chi connectivity index (χ0v) is 18.8. The number of rotatable bonds is 10. The number of hydrogen-bond donors (Lipinski definition) is 1. The van der Waals surface area contributed by atoms with Gasteiger partial charge in [0.25, 0.3) is 5.91 Å². The van der Waals surface area contributed by atoms with Gasteiger partial charge < -0.3 is 23.9 Å². The molecule has 0 saturated heterocycles. The summed E-state index contributed by atoms with van der Waals surface area (Å²) in [5.41, 5.74) is 0.847. The number of methoxy groups -OCH3 is 3. The van der Waals surface area contributed by atoms with Crippen molar-refractivity contribution in [3.8, 4) is 17.2 Å².